The van der Waals surface area contributed by atoms with Crippen molar-refractivity contribution in [3.05, 3.63) is 48.6 Å². The molecule has 0 aliphatic rings. The molecule has 0 aliphatic heterocycles. The number of hydrogen-bond acceptors (Lipinski definition) is 5. The fourth-order valence-corrected chi connectivity index (χ4v) is 6.65. The molecule has 0 aromatic carbocycles. The lowest BCUT2D eigenvalue weighted by atomic mass is 10.0. The number of aliphatic hydroxyl groups is 1. The number of phosphoric ester groups is 1. The number of nitrogens with zero attached hydrogens (tertiary/aromatic N) is 1. The van der Waals surface area contributed by atoms with Crippen LogP contribution in [0.25, 0.3) is 0 Å². The van der Waals surface area contributed by atoms with Crippen LogP contribution in [0.15, 0.2) is 48.6 Å². The second-order valence-corrected chi connectivity index (χ2v) is 17.1. The van der Waals surface area contributed by atoms with E-state index in [1.54, 1.807) is 0 Å². The first-order chi connectivity index (χ1) is 25.5. The predicted molar refractivity (Wildman–Crippen MR) is 226 cm³/mol. The third-order valence-electron chi connectivity index (χ3n) is 9.34. The Labute approximate surface area is 327 Å². The first kappa shape index (κ1) is 51.5. The Hall–Kier alpha value is -1.54. The summed E-state index contributed by atoms with van der Waals surface area (Å²) >= 11 is 0. The van der Waals surface area contributed by atoms with Gasteiger partial charge in [0, 0.05) is 6.42 Å². The maximum Gasteiger partial charge on any atom is 0.472 e. The highest BCUT2D eigenvalue weighted by Gasteiger charge is 2.28. The van der Waals surface area contributed by atoms with E-state index >= 15 is 0 Å². The van der Waals surface area contributed by atoms with Crippen LogP contribution in [0.1, 0.15) is 174 Å². The van der Waals surface area contributed by atoms with Crippen molar-refractivity contribution in [2.24, 2.45) is 0 Å². The van der Waals surface area contributed by atoms with Gasteiger partial charge < -0.3 is 19.8 Å². The summed E-state index contributed by atoms with van der Waals surface area (Å²) in [6.45, 7) is 4.69. The third kappa shape index (κ3) is 38.5. The summed E-state index contributed by atoms with van der Waals surface area (Å²) in [4.78, 5) is 23.0. The standard InChI is InChI=1S/C44H83N2O6P/c1-6-8-10-12-14-15-16-17-18-19-20-21-22-23-24-25-26-27-28-29-30-31-32-34-36-38-44(48)45-42(43(47)37-35-33-13-11-9-7-2)41-52-53(49,50)51-40-39-46(3,4)5/h8,10,14-15,17-18,20-21,42-43,47H,6-7,9,11-13,16,19,22-41H2,1-5H3,(H-,45,48,49,50)/p+1/b10-8-,15-14-,18-17-,21-20-. The van der Waals surface area contributed by atoms with Gasteiger partial charge >= 0.3 is 7.82 Å². The molecule has 53 heavy (non-hydrogen) atoms. The number of allylic oxidation sites excluding steroid dienone is 8. The van der Waals surface area contributed by atoms with E-state index in [4.69, 9.17) is 9.05 Å². The molecular formula is C44H84N2O6P+. The zero-order valence-electron chi connectivity index (χ0n) is 35.0. The van der Waals surface area contributed by atoms with E-state index in [-0.39, 0.29) is 19.1 Å². The van der Waals surface area contributed by atoms with E-state index in [9.17, 15) is 19.4 Å². The van der Waals surface area contributed by atoms with Gasteiger partial charge in [0.25, 0.3) is 0 Å². The van der Waals surface area contributed by atoms with E-state index in [0.717, 1.165) is 64.2 Å². The molecule has 3 unspecified atom stereocenters. The highest BCUT2D eigenvalue weighted by Crippen LogP contribution is 2.43. The van der Waals surface area contributed by atoms with E-state index < -0.39 is 20.0 Å². The lowest BCUT2D eigenvalue weighted by Crippen LogP contribution is -2.46. The Morgan fingerprint density at radius 1 is 0.660 bits per heavy atom. The summed E-state index contributed by atoms with van der Waals surface area (Å²) < 4.78 is 23.4. The Bertz CT molecular complexity index is 1010. The lowest BCUT2D eigenvalue weighted by molar-refractivity contribution is -0.870. The van der Waals surface area contributed by atoms with Gasteiger partial charge in [-0.05, 0) is 51.4 Å². The van der Waals surface area contributed by atoms with Crippen LogP contribution in [0.4, 0.5) is 0 Å². The first-order valence-corrected chi connectivity index (χ1v) is 23.0. The second kappa shape index (κ2) is 36.1. The Kier molecular flexibility index (Phi) is 35.1. The topological polar surface area (TPSA) is 105 Å². The largest absolute Gasteiger partial charge is 0.472 e. The molecule has 0 heterocycles. The normalized spacial score (nSPS) is 14.9. The van der Waals surface area contributed by atoms with Crippen molar-refractivity contribution < 1.29 is 32.9 Å². The van der Waals surface area contributed by atoms with Crippen LogP contribution < -0.4 is 5.32 Å². The average molecular weight is 768 g/mol. The number of carbonyl (C=O) groups is 1. The van der Waals surface area contributed by atoms with E-state index in [1.165, 1.54) is 83.5 Å². The first-order valence-electron chi connectivity index (χ1n) is 21.5. The van der Waals surface area contributed by atoms with E-state index in [1.807, 2.05) is 21.1 Å². The Balaban J connectivity index is 4.07. The lowest BCUT2D eigenvalue weighted by Gasteiger charge is -2.26. The van der Waals surface area contributed by atoms with Gasteiger partial charge in [-0.25, -0.2) is 4.57 Å². The number of carbonyl (C=O) groups excluding carboxylic acids is 1. The van der Waals surface area contributed by atoms with Gasteiger partial charge in [-0.15, -0.1) is 0 Å². The smallest absolute Gasteiger partial charge is 0.391 e. The minimum Gasteiger partial charge on any atom is -0.391 e. The number of hydrogen-bond donors (Lipinski definition) is 3. The summed E-state index contributed by atoms with van der Waals surface area (Å²) in [7, 11) is 1.60. The van der Waals surface area contributed by atoms with Gasteiger partial charge in [0.05, 0.1) is 39.9 Å². The summed E-state index contributed by atoms with van der Waals surface area (Å²) in [5, 5.41) is 13.8. The van der Waals surface area contributed by atoms with Gasteiger partial charge in [0.15, 0.2) is 0 Å². The number of amides is 1. The van der Waals surface area contributed by atoms with Crippen molar-refractivity contribution in [3.63, 3.8) is 0 Å². The number of rotatable bonds is 38. The van der Waals surface area contributed by atoms with E-state index in [0.29, 0.717) is 23.9 Å². The zero-order chi connectivity index (χ0) is 39.3. The molecule has 310 valence electrons. The van der Waals surface area contributed by atoms with Gasteiger partial charge in [0.1, 0.15) is 13.2 Å². The number of quaternary nitrogens is 1. The molecule has 0 aromatic heterocycles. The molecule has 0 aromatic rings. The van der Waals surface area contributed by atoms with Gasteiger partial charge in [-0.2, -0.15) is 0 Å². The summed E-state index contributed by atoms with van der Waals surface area (Å²) in [6, 6.07) is -0.758. The second-order valence-electron chi connectivity index (χ2n) is 15.7. The molecule has 9 heteroatoms. The Morgan fingerprint density at radius 3 is 1.66 bits per heavy atom. The number of unbranched alkanes of at least 4 members (excludes halogenated alkanes) is 17. The molecule has 0 spiro atoms. The van der Waals surface area contributed by atoms with Gasteiger partial charge in [0.2, 0.25) is 5.91 Å². The molecule has 0 aliphatic carbocycles. The maximum atomic E-state index is 12.8. The van der Waals surface area contributed by atoms with Crippen LogP contribution in [-0.4, -0.2) is 73.4 Å². The number of likely N-dealkylation sites (N-methyl/N-ethyl adjacent to an activating group) is 1. The van der Waals surface area contributed by atoms with Crippen LogP contribution in [0.3, 0.4) is 0 Å². The third-order valence-corrected chi connectivity index (χ3v) is 10.3. The average Bonchev–Trinajstić information content (AvgIpc) is 3.10. The molecule has 8 nitrogen and oxygen atoms in total. The van der Waals surface area contributed by atoms with Crippen molar-refractivity contribution in [1.29, 1.82) is 0 Å². The van der Waals surface area contributed by atoms with Crippen molar-refractivity contribution in [3.8, 4) is 0 Å². The molecular weight excluding hydrogens is 683 g/mol. The van der Waals surface area contributed by atoms with Crippen molar-refractivity contribution in [2.45, 2.75) is 187 Å². The highest BCUT2D eigenvalue weighted by molar-refractivity contribution is 7.47. The molecule has 1 amide bonds. The SMILES string of the molecule is CC/C=C\C/C=C\C/C=C\C/C=C\CCCCCCCCCCCCCCC(=O)NC(COP(=O)(O)OCC[N+](C)(C)C)C(O)CCCCCCCC. The monoisotopic (exact) mass is 768 g/mol. The van der Waals surface area contributed by atoms with Crippen LogP contribution in [0.5, 0.6) is 0 Å². The fourth-order valence-electron chi connectivity index (χ4n) is 5.92. The zero-order valence-corrected chi connectivity index (χ0v) is 35.9. The molecule has 0 rings (SSSR count). The minimum atomic E-state index is -4.30. The quantitative estimate of drug-likeness (QED) is 0.0250. The maximum absolute atomic E-state index is 12.8. The van der Waals surface area contributed by atoms with Gasteiger partial charge in [-0.3, -0.25) is 13.8 Å². The summed E-state index contributed by atoms with van der Waals surface area (Å²) in [5.41, 5.74) is 0. The summed E-state index contributed by atoms with van der Waals surface area (Å²) in [5.74, 6) is -0.155. The van der Waals surface area contributed by atoms with Crippen LogP contribution >= 0.6 is 7.82 Å². The Morgan fingerprint density at radius 2 is 1.13 bits per heavy atom. The van der Waals surface area contributed by atoms with Crippen LogP contribution in [-0.2, 0) is 18.4 Å². The fraction of sp³-hybridized carbons (Fsp3) is 0.795. The number of phosphoric acid groups is 1. The van der Waals surface area contributed by atoms with Crippen molar-refractivity contribution >= 4 is 13.7 Å². The molecule has 0 saturated carbocycles. The minimum absolute atomic E-state index is 0.0722. The molecule has 0 saturated heterocycles. The van der Waals surface area contributed by atoms with Crippen LogP contribution in [0, 0.1) is 0 Å². The van der Waals surface area contributed by atoms with Crippen LogP contribution in [0.2, 0.25) is 0 Å². The molecule has 0 fully saturated rings. The highest BCUT2D eigenvalue weighted by atomic mass is 31.2. The van der Waals surface area contributed by atoms with Crippen molar-refractivity contribution in [1.82, 2.24) is 5.32 Å². The van der Waals surface area contributed by atoms with Crippen molar-refractivity contribution in [2.75, 3.05) is 40.9 Å². The summed E-state index contributed by atoms with van der Waals surface area (Å²) in [6.07, 6.45) is 44.6. The number of aliphatic hydroxyl groups excluding tert-OH is 1. The van der Waals surface area contributed by atoms with E-state index in [2.05, 4.69) is 67.8 Å². The number of nitrogens with one attached hydrogen (secondary N) is 1. The molecule has 0 bridgehead atoms. The van der Waals surface area contributed by atoms with Gasteiger partial charge in [-0.1, -0.05) is 165 Å². The predicted octanol–water partition coefficient (Wildman–Crippen LogP) is 11.7. The molecule has 3 N–H and O–H groups in total. The molecule has 0 radical (unpaired) electrons. The molecule has 3 atom stereocenters.